The summed E-state index contributed by atoms with van der Waals surface area (Å²) in [4.78, 5) is 11.6. The predicted molar refractivity (Wildman–Crippen MR) is 136 cm³/mol. The Morgan fingerprint density at radius 3 is 1.81 bits per heavy atom. The van der Waals surface area contributed by atoms with Gasteiger partial charge in [-0.1, -0.05) is 105 Å². The largest absolute Gasteiger partial charge is 0.450 e. The van der Waals surface area contributed by atoms with E-state index in [9.17, 15) is 9.90 Å². The summed E-state index contributed by atoms with van der Waals surface area (Å²) in [5.41, 5.74) is 0. The molecule has 0 aromatic rings. The first-order valence-corrected chi connectivity index (χ1v) is 13.3. The minimum atomic E-state index is -0.364. The van der Waals surface area contributed by atoms with Crippen molar-refractivity contribution in [1.82, 2.24) is 5.32 Å². The molecule has 0 fully saturated rings. The predicted octanol–water partition coefficient (Wildman–Crippen LogP) is 8.04. The van der Waals surface area contributed by atoms with Gasteiger partial charge in [0.2, 0.25) is 0 Å². The quantitative estimate of drug-likeness (QED) is 0.148. The number of aliphatic hydroxyl groups is 1. The van der Waals surface area contributed by atoms with E-state index in [2.05, 4.69) is 24.4 Å². The van der Waals surface area contributed by atoms with Crippen molar-refractivity contribution in [2.45, 2.75) is 125 Å². The van der Waals surface area contributed by atoms with Gasteiger partial charge < -0.3 is 15.2 Å². The maximum Gasteiger partial charge on any atom is 0.407 e. The molecule has 0 heterocycles. The lowest BCUT2D eigenvalue weighted by atomic mass is 9.97. The van der Waals surface area contributed by atoms with Crippen LogP contribution in [0.15, 0.2) is 12.2 Å². The van der Waals surface area contributed by atoms with Crippen LogP contribution < -0.4 is 5.32 Å². The molecule has 0 bridgehead atoms. The van der Waals surface area contributed by atoms with Gasteiger partial charge in [-0.05, 0) is 38.0 Å². The fourth-order valence-electron chi connectivity index (χ4n) is 3.29. The number of rotatable bonds is 20. The van der Waals surface area contributed by atoms with Gasteiger partial charge in [0.1, 0.15) is 0 Å². The number of hydrogen-bond acceptors (Lipinski definition) is 3. The summed E-state index contributed by atoms with van der Waals surface area (Å²) in [7, 11) is 0. The second kappa shape index (κ2) is 27.0. The fourth-order valence-corrected chi connectivity index (χ4v) is 3.29. The van der Waals surface area contributed by atoms with Crippen LogP contribution in [0.1, 0.15) is 125 Å². The zero-order chi connectivity index (χ0) is 23.6. The summed E-state index contributed by atoms with van der Waals surface area (Å²) in [6.07, 6.45) is 22.2. The van der Waals surface area contributed by atoms with E-state index < -0.39 is 0 Å². The summed E-state index contributed by atoms with van der Waals surface area (Å²) < 4.78 is 5.19. The first-order chi connectivity index (χ1) is 15.1. The first-order valence-electron chi connectivity index (χ1n) is 13.3. The summed E-state index contributed by atoms with van der Waals surface area (Å²) >= 11 is 0. The van der Waals surface area contributed by atoms with Crippen LogP contribution in [0, 0.1) is 11.8 Å². The Bertz CT molecular complexity index is 383. The maximum absolute atomic E-state index is 11.6. The SMILES string of the molecule is CC.CCCCCCCC/C=C\CCCCCCCCOC(=O)NC[C@@H](CO)C(C)C. The summed E-state index contributed by atoms with van der Waals surface area (Å²) in [6.45, 7) is 11.4. The third-order valence-electron chi connectivity index (χ3n) is 5.58. The van der Waals surface area contributed by atoms with E-state index in [-0.39, 0.29) is 18.6 Å². The zero-order valence-corrected chi connectivity index (χ0v) is 21.6. The van der Waals surface area contributed by atoms with Gasteiger partial charge in [0, 0.05) is 19.1 Å². The van der Waals surface area contributed by atoms with E-state index in [1.807, 2.05) is 27.7 Å². The molecule has 4 heteroatoms. The lowest BCUT2D eigenvalue weighted by molar-refractivity contribution is 0.135. The number of alkyl carbamates (subject to hydrolysis) is 1. The highest BCUT2D eigenvalue weighted by Crippen LogP contribution is 2.10. The van der Waals surface area contributed by atoms with Crippen molar-refractivity contribution in [3.63, 3.8) is 0 Å². The number of carbonyl (C=O) groups excluding carboxylic acids is 1. The Balaban J connectivity index is 0. The third kappa shape index (κ3) is 25.1. The Morgan fingerprint density at radius 2 is 1.32 bits per heavy atom. The number of allylic oxidation sites excluding steroid dienone is 2. The zero-order valence-electron chi connectivity index (χ0n) is 21.6. The molecule has 2 N–H and O–H groups in total. The molecular formula is C27H55NO3. The maximum atomic E-state index is 11.6. The summed E-state index contributed by atoms with van der Waals surface area (Å²) in [5.74, 6) is 0.434. The Labute approximate surface area is 194 Å². The molecule has 0 aliphatic carbocycles. The van der Waals surface area contributed by atoms with Gasteiger partial charge in [-0.25, -0.2) is 4.79 Å². The Kier molecular flexibility index (Phi) is 28.0. The second-order valence-electron chi connectivity index (χ2n) is 8.64. The van der Waals surface area contributed by atoms with Gasteiger partial charge in [0.15, 0.2) is 0 Å². The lowest BCUT2D eigenvalue weighted by Gasteiger charge is -2.18. The Hall–Kier alpha value is -1.03. The van der Waals surface area contributed by atoms with Crippen LogP contribution in [0.5, 0.6) is 0 Å². The number of carbonyl (C=O) groups is 1. The molecular weight excluding hydrogens is 386 g/mol. The minimum Gasteiger partial charge on any atom is -0.450 e. The highest BCUT2D eigenvalue weighted by molar-refractivity contribution is 5.67. The molecule has 0 unspecified atom stereocenters. The first kappa shape index (κ1) is 32.2. The summed E-state index contributed by atoms with van der Waals surface area (Å²) in [5, 5.41) is 12.0. The summed E-state index contributed by atoms with van der Waals surface area (Å²) in [6, 6.07) is 0. The molecule has 0 aromatic carbocycles. The van der Waals surface area contributed by atoms with Crippen LogP contribution >= 0.6 is 0 Å². The molecule has 4 nitrogen and oxygen atoms in total. The minimum absolute atomic E-state index is 0.0901. The van der Waals surface area contributed by atoms with Gasteiger partial charge in [-0.3, -0.25) is 0 Å². The van der Waals surface area contributed by atoms with E-state index in [0.717, 1.165) is 12.8 Å². The Morgan fingerprint density at radius 1 is 0.839 bits per heavy atom. The van der Waals surface area contributed by atoms with E-state index >= 15 is 0 Å². The van der Waals surface area contributed by atoms with Gasteiger partial charge in [-0.2, -0.15) is 0 Å². The number of hydrogen-bond donors (Lipinski definition) is 2. The molecule has 0 radical (unpaired) electrons. The fraction of sp³-hybridized carbons (Fsp3) is 0.889. The van der Waals surface area contributed by atoms with Crippen LogP contribution in [-0.2, 0) is 4.74 Å². The smallest absolute Gasteiger partial charge is 0.407 e. The molecule has 1 amide bonds. The third-order valence-corrected chi connectivity index (χ3v) is 5.58. The van der Waals surface area contributed by atoms with Crippen LogP contribution in [0.3, 0.4) is 0 Å². The topological polar surface area (TPSA) is 58.6 Å². The normalized spacial score (nSPS) is 12.0. The van der Waals surface area contributed by atoms with Crippen LogP contribution in [-0.4, -0.2) is 31.0 Å². The van der Waals surface area contributed by atoms with Crippen LogP contribution in [0.2, 0.25) is 0 Å². The molecule has 0 aliphatic heterocycles. The van der Waals surface area contributed by atoms with Crippen LogP contribution in [0.4, 0.5) is 4.79 Å². The number of ether oxygens (including phenoxy) is 1. The monoisotopic (exact) mass is 441 g/mol. The van der Waals surface area contributed by atoms with Crippen molar-refractivity contribution in [2.24, 2.45) is 11.8 Å². The average molecular weight is 442 g/mol. The van der Waals surface area contributed by atoms with E-state index in [1.54, 1.807) is 0 Å². The molecule has 31 heavy (non-hydrogen) atoms. The van der Waals surface area contributed by atoms with Gasteiger partial charge in [0.25, 0.3) is 0 Å². The van der Waals surface area contributed by atoms with Crippen molar-refractivity contribution in [3.8, 4) is 0 Å². The van der Waals surface area contributed by atoms with Crippen molar-refractivity contribution >= 4 is 6.09 Å². The van der Waals surface area contributed by atoms with E-state index in [4.69, 9.17) is 4.74 Å². The van der Waals surface area contributed by atoms with Gasteiger partial charge in [0.05, 0.1) is 6.61 Å². The molecule has 186 valence electrons. The molecule has 0 saturated carbocycles. The highest BCUT2D eigenvalue weighted by Gasteiger charge is 2.13. The van der Waals surface area contributed by atoms with Crippen LogP contribution in [0.25, 0.3) is 0 Å². The van der Waals surface area contributed by atoms with Gasteiger partial charge >= 0.3 is 6.09 Å². The molecule has 0 saturated heterocycles. The number of unbranched alkanes of at least 4 members (excludes halogenated alkanes) is 12. The van der Waals surface area contributed by atoms with Gasteiger partial charge in [-0.15, -0.1) is 0 Å². The van der Waals surface area contributed by atoms with E-state index in [1.165, 1.54) is 77.0 Å². The standard InChI is InChI=1S/C25H49NO3.C2H6/c1-4-5-6-7-8-9-10-11-12-13-14-15-16-17-18-19-20-29-25(28)26-21-24(22-27)23(2)3;1-2/h11-12,23-24,27H,4-10,13-22H2,1-3H3,(H,26,28);1-2H3/b12-11-;/t24-;/m0./s1. The average Bonchev–Trinajstić information content (AvgIpc) is 2.77. The van der Waals surface area contributed by atoms with Crippen molar-refractivity contribution < 1.29 is 14.6 Å². The second-order valence-corrected chi connectivity index (χ2v) is 8.64. The molecule has 0 rings (SSSR count). The van der Waals surface area contributed by atoms with Crippen molar-refractivity contribution in [3.05, 3.63) is 12.2 Å². The molecule has 0 aromatic heterocycles. The number of amides is 1. The molecule has 1 atom stereocenters. The highest BCUT2D eigenvalue weighted by atomic mass is 16.5. The van der Waals surface area contributed by atoms with E-state index in [0.29, 0.717) is 19.1 Å². The molecule has 0 aliphatic rings. The van der Waals surface area contributed by atoms with Crippen molar-refractivity contribution in [2.75, 3.05) is 19.8 Å². The number of aliphatic hydroxyl groups excluding tert-OH is 1. The molecule has 0 spiro atoms. The lowest BCUT2D eigenvalue weighted by Crippen LogP contribution is -2.33. The number of nitrogens with one attached hydrogen (secondary N) is 1. The van der Waals surface area contributed by atoms with Crippen molar-refractivity contribution in [1.29, 1.82) is 0 Å².